The molecule has 0 N–H and O–H groups in total. The minimum absolute atomic E-state index is 0.0240. The molecule has 0 radical (unpaired) electrons. The van der Waals surface area contributed by atoms with Gasteiger partial charge in [0.15, 0.2) is 6.61 Å². The number of halogens is 2. The molecule has 0 spiro atoms. The summed E-state index contributed by atoms with van der Waals surface area (Å²) in [5.74, 6) is -0.187. The number of benzene rings is 2. The molecule has 9 nitrogen and oxygen atoms in total. The van der Waals surface area contributed by atoms with Crippen LogP contribution in [0.2, 0.25) is 10.0 Å². The minimum Gasteiger partial charge on any atom is -0.482 e. The van der Waals surface area contributed by atoms with Crippen LogP contribution in [0.5, 0.6) is 5.75 Å². The van der Waals surface area contributed by atoms with Gasteiger partial charge in [-0.25, -0.2) is 8.42 Å². The van der Waals surface area contributed by atoms with Crippen molar-refractivity contribution >= 4 is 44.8 Å². The molecule has 0 unspecified atom stereocenters. The first kappa shape index (κ1) is 22.3. The molecule has 3 rings (SSSR count). The van der Waals surface area contributed by atoms with E-state index < -0.39 is 14.9 Å². The van der Waals surface area contributed by atoms with E-state index in [1.54, 1.807) is 0 Å². The van der Waals surface area contributed by atoms with Crippen molar-refractivity contribution in [3.05, 3.63) is 62.6 Å². The van der Waals surface area contributed by atoms with Gasteiger partial charge in [-0.3, -0.25) is 14.9 Å². The van der Waals surface area contributed by atoms with Gasteiger partial charge in [0.25, 0.3) is 11.6 Å². The van der Waals surface area contributed by atoms with Crippen molar-refractivity contribution in [1.29, 1.82) is 0 Å². The number of amides is 1. The molecule has 30 heavy (non-hydrogen) atoms. The Balaban J connectivity index is 1.55. The number of ether oxygens (including phenoxy) is 1. The highest BCUT2D eigenvalue weighted by molar-refractivity contribution is 7.89. The van der Waals surface area contributed by atoms with Gasteiger partial charge >= 0.3 is 0 Å². The lowest BCUT2D eigenvalue weighted by Gasteiger charge is -2.34. The number of sulfonamides is 1. The molecule has 0 bridgehead atoms. The molecule has 1 saturated heterocycles. The number of non-ortho nitro benzene ring substituents is 1. The van der Waals surface area contributed by atoms with Crippen LogP contribution in [-0.2, 0) is 14.8 Å². The quantitative estimate of drug-likeness (QED) is 0.471. The molecule has 0 aromatic heterocycles. The summed E-state index contributed by atoms with van der Waals surface area (Å²) in [4.78, 5) is 24.2. The average molecular weight is 474 g/mol. The molecule has 1 aliphatic heterocycles. The summed E-state index contributed by atoms with van der Waals surface area (Å²) in [5.41, 5.74) is -0.184. The van der Waals surface area contributed by atoms with Crippen LogP contribution in [0.15, 0.2) is 47.4 Å². The standard InChI is InChI=1S/C18H17Cl2N3O6S/c19-13-1-4-15(5-2-13)30(27,28)22-9-7-21(8-10-22)18(24)12-29-17-6-3-14(23(25)26)11-16(17)20/h1-6,11H,7-10,12H2. The highest BCUT2D eigenvalue weighted by atomic mass is 35.5. The van der Waals surface area contributed by atoms with E-state index in [1.165, 1.54) is 45.6 Å². The fourth-order valence-electron chi connectivity index (χ4n) is 2.88. The number of hydrogen-bond acceptors (Lipinski definition) is 6. The Kier molecular flexibility index (Phi) is 6.81. The molecule has 0 aliphatic carbocycles. The number of nitro benzene ring substituents is 1. The average Bonchev–Trinajstić information content (AvgIpc) is 2.73. The topological polar surface area (TPSA) is 110 Å². The first-order valence-corrected chi connectivity index (χ1v) is 11.0. The van der Waals surface area contributed by atoms with Crippen LogP contribution in [-0.4, -0.2) is 61.2 Å². The number of rotatable bonds is 6. The van der Waals surface area contributed by atoms with Gasteiger partial charge in [0, 0.05) is 43.3 Å². The van der Waals surface area contributed by atoms with Crippen molar-refractivity contribution in [1.82, 2.24) is 9.21 Å². The predicted molar refractivity (Wildman–Crippen MR) is 110 cm³/mol. The number of nitro groups is 1. The van der Waals surface area contributed by atoms with Crippen molar-refractivity contribution in [2.75, 3.05) is 32.8 Å². The van der Waals surface area contributed by atoms with Crippen LogP contribution in [0.4, 0.5) is 5.69 Å². The van der Waals surface area contributed by atoms with Gasteiger partial charge in [-0.2, -0.15) is 4.31 Å². The first-order valence-electron chi connectivity index (χ1n) is 8.79. The number of carbonyl (C=O) groups is 1. The van der Waals surface area contributed by atoms with E-state index in [-0.39, 0.29) is 60.0 Å². The first-order chi connectivity index (χ1) is 14.2. The van der Waals surface area contributed by atoms with Gasteiger partial charge in [0.1, 0.15) is 5.75 Å². The van der Waals surface area contributed by atoms with Gasteiger partial charge in [-0.05, 0) is 30.3 Å². The Labute approximate surface area is 182 Å². The fourth-order valence-corrected chi connectivity index (χ4v) is 4.66. The maximum atomic E-state index is 12.7. The summed E-state index contributed by atoms with van der Waals surface area (Å²) in [6, 6.07) is 9.59. The Morgan fingerprint density at radius 1 is 1.07 bits per heavy atom. The van der Waals surface area contributed by atoms with Gasteiger partial charge < -0.3 is 9.64 Å². The number of carbonyl (C=O) groups excluding carboxylic acids is 1. The summed E-state index contributed by atoms with van der Waals surface area (Å²) >= 11 is 11.7. The molecular formula is C18H17Cl2N3O6S. The van der Waals surface area contributed by atoms with Crippen molar-refractivity contribution in [3.8, 4) is 5.75 Å². The van der Waals surface area contributed by atoms with Crippen LogP contribution >= 0.6 is 23.2 Å². The second kappa shape index (κ2) is 9.17. The van der Waals surface area contributed by atoms with Gasteiger partial charge in [-0.1, -0.05) is 23.2 Å². The van der Waals surface area contributed by atoms with Crippen LogP contribution in [0, 0.1) is 10.1 Å². The van der Waals surface area contributed by atoms with Crippen molar-refractivity contribution < 1.29 is 22.9 Å². The summed E-state index contributed by atoms with van der Waals surface area (Å²) in [6.45, 7) is 0.400. The molecule has 12 heteroatoms. The highest BCUT2D eigenvalue weighted by Gasteiger charge is 2.30. The molecular weight excluding hydrogens is 457 g/mol. The minimum atomic E-state index is -3.67. The van der Waals surface area contributed by atoms with E-state index in [0.717, 1.165) is 6.07 Å². The van der Waals surface area contributed by atoms with E-state index in [1.807, 2.05) is 0 Å². The van der Waals surface area contributed by atoms with Crippen LogP contribution in [0.25, 0.3) is 0 Å². The molecule has 1 fully saturated rings. The van der Waals surface area contributed by atoms with Crippen molar-refractivity contribution in [2.45, 2.75) is 4.90 Å². The molecule has 160 valence electrons. The fraction of sp³-hybridized carbons (Fsp3) is 0.278. The van der Waals surface area contributed by atoms with E-state index in [2.05, 4.69) is 0 Å². The molecule has 1 heterocycles. The van der Waals surface area contributed by atoms with E-state index in [0.29, 0.717) is 5.02 Å². The summed E-state index contributed by atoms with van der Waals surface area (Å²) in [6.07, 6.45) is 0. The third kappa shape index (κ3) is 5.01. The van der Waals surface area contributed by atoms with E-state index >= 15 is 0 Å². The predicted octanol–water partition coefficient (Wildman–Crippen LogP) is 2.81. The Morgan fingerprint density at radius 2 is 1.70 bits per heavy atom. The van der Waals surface area contributed by atoms with Gasteiger partial charge in [-0.15, -0.1) is 0 Å². The smallest absolute Gasteiger partial charge is 0.271 e. The number of nitrogens with zero attached hydrogens (tertiary/aromatic N) is 3. The molecule has 0 saturated carbocycles. The van der Waals surface area contributed by atoms with Crippen LogP contribution in [0.3, 0.4) is 0 Å². The Bertz CT molecular complexity index is 1050. The second-order valence-electron chi connectivity index (χ2n) is 6.40. The van der Waals surface area contributed by atoms with Crippen LogP contribution < -0.4 is 4.74 Å². The molecule has 0 atom stereocenters. The van der Waals surface area contributed by atoms with Crippen molar-refractivity contribution in [3.63, 3.8) is 0 Å². The van der Waals surface area contributed by atoms with E-state index in [9.17, 15) is 23.3 Å². The second-order valence-corrected chi connectivity index (χ2v) is 9.18. The number of piperazine rings is 1. The summed E-state index contributed by atoms with van der Waals surface area (Å²) in [5, 5.41) is 11.2. The molecule has 2 aromatic rings. The molecule has 2 aromatic carbocycles. The summed E-state index contributed by atoms with van der Waals surface area (Å²) in [7, 11) is -3.67. The van der Waals surface area contributed by atoms with Gasteiger partial charge in [0.05, 0.1) is 14.8 Å². The number of hydrogen-bond donors (Lipinski definition) is 0. The third-order valence-corrected chi connectivity index (χ3v) is 6.98. The zero-order valence-corrected chi connectivity index (χ0v) is 17.9. The molecule has 1 aliphatic rings. The third-order valence-electron chi connectivity index (χ3n) is 4.52. The van der Waals surface area contributed by atoms with Crippen molar-refractivity contribution in [2.24, 2.45) is 0 Å². The Hall–Kier alpha value is -2.40. The highest BCUT2D eigenvalue weighted by Crippen LogP contribution is 2.28. The van der Waals surface area contributed by atoms with E-state index in [4.69, 9.17) is 27.9 Å². The monoisotopic (exact) mass is 473 g/mol. The maximum Gasteiger partial charge on any atom is 0.271 e. The van der Waals surface area contributed by atoms with Crippen LogP contribution in [0.1, 0.15) is 0 Å². The Morgan fingerprint density at radius 3 is 2.27 bits per heavy atom. The molecule has 1 amide bonds. The van der Waals surface area contributed by atoms with Gasteiger partial charge in [0.2, 0.25) is 10.0 Å². The largest absolute Gasteiger partial charge is 0.482 e. The SMILES string of the molecule is O=C(COc1ccc([N+](=O)[O-])cc1Cl)N1CCN(S(=O)(=O)c2ccc(Cl)cc2)CC1. The zero-order chi connectivity index (χ0) is 21.9. The lowest BCUT2D eigenvalue weighted by Crippen LogP contribution is -2.51. The zero-order valence-electron chi connectivity index (χ0n) is 15.5. The lowest BCUT2D eigenvalue weighted by molar-refractivity contribution is -0.384. The lowest BCUT2D eigenvalue weighted by atomic mass is 10.3. The summed E-state index contributed by atoms with van der Waals surface area (Å²) < 4.78 is 32.1. The maximum absolute atomic E-state index is 12.7. The normalized spacial score (nSPS) is 15.1.